The summed E-state index contributed by atoms with van der Waals surface area (Å²) in [6.07, 6.45) is 2.51. The van der Waals surface area contributed by atoms with Gasteiger partial charge < -0.3 is 9.64 Å². The van der Waals surface area contributed by atoms with Crippen molar-refractivity contribution in [3.63, 3.8) is 0 Å². The number of halogens is 1. The lowest BCUT2D eigenvalue weighted by Crippen LogP contribution is -2.40. The number of carbonyl (C=O) groups is 2. The van der Waals surface area contributed by atoms with E-state index in [1.165, 1.54) is 22.3 Å². The fourth-order valence-electron chi connectivity index (χ4n) is 2.89. The van der Waals surface area contributed by atoms with E-state index in [-0.39, 0.29) is 37.2 Å². The SMILES string of the molecule is CCOC(=O)CN(C(=O)C1CC=C(F)CC1)c1ccc2scnc2c1. The fraction of sp³-hybridized carbons (Fsp3) is 0.389. The molecule has 1 aromatic heterocycles. The third kappa shape index (κ3) is 4.04. The van der Waals surface area contributed by atoms with Crippen molar-refractivity contribution in [2.45, 2.75) is 26.2 Å². The number of thiazole rings is 1. The van der Waals surface area contributed by atoms with Crippen LogP contribution in [0, 0.1) is 5.92 Å². The van der Waals surface area contributed by atoms with E-state index >= 15 is 0 Å². The molecule has 5 nitrogen and oxygen atoms in total. The summed E-state index contributed by atoms with van der Waals surface area (Å²) in [5, 5.41) is 0. The maximum atomic E-state index is 13.2. The van der Waals surface area contributed by atoms with Gasteiger partial charge in [-0.2, -0.15) is 0 Å². The number of esters is 1. The highest BCUT2D eigenvalue weighted by molar-refractivity contribution is 7.16. The molecule has 0 saturated heterocycles. The Morgan fingerprint density at radius 2 is 2.28 bits per heavy atom. The van der Waals surface area contributed by atoms with Crippen molar-refractivity contribution >= 4 is 39.1 Å². The van der Waals surface area contributed by atoms with Crippen LogP contribution in [0.15, 0.2) is 35.6 Å². The minimum Gasteiger partial charge on any atom is -0.465 e. The first-order chi connectivity index (χ1) is 12.1. The maximum Gasteiger partial charge on any atom is 0.326 e. The number of carbonyl (C=O) groups excluding carboxylic acids is 2. The molecular formula is C18H19FN2O3S. The second kappa shape index (κ2) is 7.74. The number of fused-ring (bicyclic) bond motifs is 1. The molecule has 0 aliphatic heterocycles. The van der Waals surface area contributed by atoms with Gasteiger partial charge in [-0.15, -0.1) is 11.3 Å². The van der Waals surface area contributed by atoms with Gasteiger partial charge in [0.2, 0.25) is 5.91 Å². The first-order valence-corrected chi connectivity index (χ1v) is 9.11. The normalized spacial score (nSPS) is 17.2. The van der Waals surface area contributed by atoms with E-state index in [2.05, 4.69) is 4.98 Å². The van der Waals surface area contributed by atoms with Crippen LogP contribution in [0.3, 0.4) is 0 Å². The minimum absolute atomic E-state index is 0.162. The van der Waals surface area contributed by atoms with Gasteiger partial charge in [-0.05, 0) is 44.4 Å². The molecule has 0 radical (unpaired) electrons. The second-order valence-corrected chi connectivity index (χ2v) is 6.74. The van der Waals surface area contributed by atoms with Crippen molar-refractivity contribution in [1.82, 2.24) is 4.98 Å². The number of benzene rings is 1. The van der Waals surface area contributed by atoms with E-state index in [1.54, 1.807) is 24.6 Å². The lowest BCUT2D eigenvalue weighted by Gasteiger charge is -2.27. The number of allylic oxidation sites excluding steroid dienone is 2. The Labute approximate surface area is 149 Å². The summed E-state index contributed by atoms with van der Waals surface area (Å²) in [5.41, 5.74) is 3.12. The van der Waals surface area contributed by atoms with Crippen molar-refractivity contribution in [3.05, 3.63) is 35.6 Å². The molecule has 1 aliphatic carbocycles. The molecule has 1 aromatic carbocycles. The molecule has 1 amide bonds. The summed E-state index contributed by atoms with van der Waals surface area (Å²) in [4.78, 5) is 30.6. The zero-order chi connectivity index (χ0) is 17.8. The molecule has 7 heteroatoms. The first-order valence-electron chi connectivity index (χ1n) is 8.23. The molecule has 2 aromatic rings. The zero-order valence-electron chi connectivity index (χ0n) is 13.9. The smallest absolute Gasteiger partial charge is 0.326 e. The topological polar surface area (TPSA) is 59.5 Å². The molecule has 3 rings (SSSR count). The van der Waals surface area contributed by atoms with E-state index in [1.807, 2.05) is 6.07 Å². The molecule has 0 fully saturated rings. The Morgan fingerprint density at radius 1 is 1.44 bits per heavy atom. The molecule has 1 heterocycles. The predicted octanol–water partition coefficient (Wildman–Crippen LogP) is 3.85. The Morgan fingerprint density at radius 3 is 3.00 bits per heavy atom. The summed E-state index contributed by atoms with van der Waals surface area (Å²) in [6, 6.07) is 5.48. The van der Waals surface area contributed by atoms with Gasteiger partial charge in [0.15, 0.2) is 0 Å². The van der Waals surface area contributed by atoms with Crippen LogP contribution < -0.4 is 4.90 Å². The Bertz CT molecular complexity index is 818. The van der Waals surface area contributed by atoms with Gasteiger partial charge in [0.25, 0.3) is 0 Å². The van der Waals surface area contributed by atoms with Crippen LogP contribution in [0.2, 0.25) is 0 Å². The summed E-state index contributed by atoms with van der Waals surface area (Å²) in [5.74, 6) is -1.16. The van der Waals surface area contributed by atoms with E-state index in [0.717, 1.165) is 10.2 Å². The highest BCUT2D eigenvalue weighted by Crippen LogP contribution is 2.29. The summed E-state index contributed by atoms with van der Waals surface area (Å²) < 4.78 is 19.3. The molecule has 1 unspecified atom stereocenters. The number of hydrogen-bond donors (Lipinski definition) is 0. The highest BCUT2D eigenvalue weighted by Gasteiger charge is 2.29. The number of hydrogen-bond acceptors (Lipinski definition) is 5. The van der Waals surface area contributed by atoms with E-state index in [9.17, 15) is 14.0 Å². The van der Waals surface area contributed by atoms with Crippen molar-refractivity contribution in [1.29, 1.82) is 0 Å². The Hall–Kier alpha value is -2.28. The van der Waals surface area contributed by atoms with E-state index in [0.29, 0.717) is 18.5 Å². The molecule has 1 atom stereocenters. The van der Waals surface area contributed by atoms with Gasteiger partial charge in [-0.25, -0.2) is 9.37 Å². The van der Waals surface area contributed by atoms with Crippen molar-refractivity contribution < 1.29 is 18.7 Å². The van der Waals surface area contributed by atoms with E-state index < -0.39 is 5.97 Å². The van der Waals surface area contributed by atoms with Gasteiger partial charge in [-0.3, -0.25) is 9.59 Å². The Balaban J connectivity index is 1.88. The molecule has 132 valence electrons. The Kier molecular flexibility index (Phi) is 5.43. The zero-order valence-corrected chi connectivity index (χ0v) is 14.7. The average Bonchev–Trinajstić information content (AvgIpc) is 3.07. The van der Waals surface area contributed by atoms with Crippen molar-refractivity contribution in [2.24, 2.45) is 5.92 Å². The fourth-order valence-corrected chi connectivity index (χ4v) is 3.55. The van der Waals surface area contributed by atoms with E-state index in [4.69, 9.17) is 4.74 Å². The van der Waals surface area contributed by atoms with Crippen LogP contribution in [0.4, 0.5) is 10.1 Å². The molecule has 0 spiro atoms. The molecule has 0 N–H and O–H groups in total. The third-order valence-corrected chi connectivity index (χ3v) is 5.00. The average molecular weight is 362 g/mol. The summed E-state index contributed by atoms with van der Waals surface area (Å²) >= 11 is 1.51. The monoisotopic (exact) mass is 362 g/mol. The van der Waals surface area contributed by atoms with Gasteiger partial charge in [0, 0.05) is 11.6 Å². The first kappa shape index (κ1) is 17.5. The number of rotatable bonds is 5. The van der Waals surface area contributed by atoms with Gasteiger partial charge in [-0.1, -0.05) is 6.08 Å². The number of amides is 1. The van der Waals surface area contributed by atoms with Gasteiger partial charge in [0.1, 0.15) is 6.54 Å². The van der Waals surface area contributed by atoms with Crippen LogP contribution >= 0.6 is 11.3 Å². The third-order valence-electron chi connectivity index (χ3n) is 4.19. The number of ether oxygens (including phenoxy) is 1. The summed E-state index contributed by atoms with van der Waals surface area (Å²) in [7, 11) is 0. The molecule has 0 saturated carbocycles. The van der Waals surface area contributed by atoms with Crippen LogP contribution in [0.25, 0.3) is 10.2 Å². The van der Waals surface area contributed by atoms with Crippen LogP contribution in [-0.2, 0) is 14.3 Å². The van der Waals surface area contributed by atoms with Crippen molar-refractivity contribution in [3.8, 4) is 0 Å². The highest BCUT2D eigenvalue weighted by atomic mass is 32.1. The maximum absolute atomic E-state index is 13.2. The molecule has 0 bridgehead atoms. The molecule has 1 aliphatic rings. The van der Waals surface area contributed by atoms with Crippen molar-refractivity contribution in [2.75, 3.05) is 18.1 Å². The van der Waals surface area contributed by atoms with Crippen LogP contribution in [-0.4, -0.2) is 30.0 Å². The minimum atomic E-state index is -0.466. The van der Waals surface area contributed by atoms with Crippen LogP contribution in [0.1, 0.15) is 26.2 Å². The van der Waals surface area contributed by atoms with Gasteiger partial charge in [0.05, 0.1) is 28.2 Å². The molecule has 25 heavy (non-hydrogen) atoms. The number of nitrogens with zero attached hydrogens (tertiary/aromatic N) is 2. The van der Waals surface area contributed by atoms with Crippen LogP contribution in [0.5, 0.6) is 0 Å². The molecular weight excluding hydrogens is 343 g/mol. The van der Waals surface area contributed by atoms with Gasteiger partial charge >= 0.3 is 5.97 Å². The second-order valence-electron chi connectivity index (χ2n) is 5.86. The lowest BCUT2D eigenvalue weighted by molar-refractivity contribution is -0.142. The number of anilines is 1. The predicted molar refractivity (Wildman–Crippen MR) is 95.1 cm³/mol. The number of aromatic nitrogens is 1. The standard InChI is InChI=1S/C18H19FN2O3S/c1-2-24-17(22)10-21(18(23)12-3-5-13(19)6-4-12)14-7-8-16-15(9-14)20-11-25-16/h5,7-9,11-12H,2-4,6,10H2,1H3. The quantitative estimate of drug-likeness (QED) is 0.758. The largest absolute Gasteiger partial charge is 0.465 e. The summed E-state index contributed by atoms with van der Waals surface area (Å²) in [6.45, 7) is 1.81. The lowest BCUT2D eigenvalue weighted by atomic mass is 9.92.